The molecule has 2 aromatic rings. The van der Waals surface area contributed by atoms with E-state index in [9.17, 15) is 18.0 Å². The molecule has 0 aliphatic rings. The van der Waals surface area contributed by atoms with Crippen molar-refractivity contribution in [2.24, 2.45) is 0 Å². The quantitative estimate of drug-likeness (QED) is 0.790. The van der Waals surface area contributed by atoms with Gasteiger partial charge in [0, 0.05) is 5.69 Å². The predicted octanol–water partition coefficient (Wildman–Crippen LogP) is 4.89. The second-order valence-corrected chi connectivity index (χ2v) is 5.33. The first-order chi connectivity index (χ1) is 11.3. The number of carbonyl (C=O) groups is 1. The fourth-order valence-electron chi connectivity index (χ4n) is 2.29. The maximum Gasteiger partial charge on any atom is 0.412 e. The molecule has 2 rings (SSSR count). The lowest BCUT2D eigenvalue weighted by atomic mass is 10.0. The largest absolute Gasteiger partial charge is 0.462 e. The number of halogens is 3. The van der Waals surface area contributed by atoms with Gasteiger partial charge in [-0.25, -0.2) is 4.79 Å². The molecule has 0 amide bonds. The average Bonchev–Trinajstić information content (AvgIpc) is 2.52. The van der Waals surface area contributed by atoms with Crippen molar-refractivity contribution in [1.29, 1.82) is 0 Å². The topological polar surface area (TPSA) is 38.3 Å². The predicted molar refractivity (Wildman–Crippen MR) is 86.0 cm³/mol. The third-order valence-electron chi connectivity index (χ3n) is 3.41. The van der Waals surface area contributed by atoms with E-state index in [1.807, 2.05) is 0 Å². The van der Waals surface area contributed by atoms with Crippen molar-refractivity contribution in [3.63, 3.8) is 0 Å². The highest BCUT2D eigenvalue weighted by atomic mass is 19.4. The van der Waals surface area contributed by atoms with Crippen LogP contribution in [0.25, 0.3) is 0 Å². The Morgan fingerprint density at radius 3 is 2.38 bits per heavy atom. The summed E-state index contributed by atoms with van der Waals surface area (Å²) < 4.78 is 45.0. The van der Waals surface area contributed by atoms with Crippen molar-refractivity contribution >= 4 is 11.7 Å². The van der Waals surface area contributed by atoms with Gasteiger partial charge in [0.15, 0.2) is 0 Å². The van der Waals surface area contributed by atoms with Crippen molar-refractivity contribution in [3.8, 4) is 0 Å². The molecule has 0 radical (unpaired) electrons. The summed E-state index contributed by atoms with van der Waals surface area (Å²) in [4.78, 5) is 11.6. The molecular weight excluding hydrogens is 319 g/mol. The highest BCUT2D eigenvalue weighted by Crippen LogP contribution is 2.35. The van der Waals surface area contributed by atoms with Crippen LogP contribution in [0, 0.1) is 6.92 Å². The molecule has 0 aliphatic carbocycles. The van der Waals surface area contributed by atoms with E-state index < -0.39 is 18.2 Å². The molecule has 1 atom stereocenters. The molecule has 2 aromatic carbocycles. The Kier molecular flexibility index (Phi) is 5.49. The molecular formula is C18H18F3NO2. The molecule has 0 aliphatic heterocycles. The SMILES string of the molecule is CCOC(=O)c1ccc(N[C@@H](c2cccc(C)c2)C(F)(F)F)cc1. The molecule has 0 saturated heterocycles. The number of carbonyl (C=O) groups excluding carboxylic acids is 1. The number of alkyl halides is 3. The highest BCUT2D eigenvalue weighted by Gasteiger charge is 2.40. The molecule has 0 spiro atoms. The van der Waals surface area contributed by atoms with Gasteiger partial charge in [-0.05, 0) is 43.7 Å². The number of rotatable bonds is 5. The van der Waals surface area contributed by atoms with Gasteiger partial charge in [-0.2, -0.15) is 13.2 Å². The van der Waals surface area contributed by atoms with Crippen LogP contribution in [0.4, 0.5) is 18.9 Å². The van der Waals surface area contributed by atoms with E-state index in [1.54, 1.807) is 26.0 Å². The Hall–Kier alpha value is -2.50. The van der Waals surface area contributed by atoms with E-state index in [2.05, 4.69) is 5.32 Å². The van der Waals surface area contributed by atoms with Crippen molar-refractivity contribution < 1.29 is 22.7 Å². The molecule has 6 heteroatoms. The zero-order valence-electron chi connectivity index (χ0n) is 13.4. The van der Waals surface area contributed by atoms with Crippen molar-refractivity contribution in [2.75, 3.05) is 11.9 Å². The number of anilines is 1. The molecule has 24 heavy (non-hydrogen) atoms. The number of nitrogens with one attached hydrogen (secondary N) is 1. The van der Waals surface area contributed by atoms with Crippen LogP contribution in [0.5, 0.6) is 0 Å². The van der Waals surface area contributed by atoms with Gasteiger partial charge in [0.05, 0.1) is 12.2 Å². The minimum Gasteiger partial charge on any atom is -0.462 e. The second kappa shape index (κ2) is 7.38. The normalized spacial score (nSPS) is 12.5. The van der Waals surface area contributed by atoms with Gasteiger partial charge in [0.1, 0.15) is 6.04 Å². The van der Waals surface area contributed by atoms with E-state index in [-0.39, 0.29) is 17.9 Å². The van der Waals surface area contributed by atoms with Gasteiger partial charge in [0.25, 0.3) is 0 Å². The van der Waals surface area contributed by atoms with E-state index in [0.717, 1.165) is 5.56 Å². The third kappa shape index (κ3) is 4.50. The molecule has 0 bridgehead atoms. The number of hydrogen-bond donors (Lipinski definition) is 1. The zero-order chi connectivity index (χ0) is 17.7. The monoisotopic (exact) mass is 337 g/mol. The fourth-order valence-corrected chi connectivity index (χ4v) is 2.29. The molecule has 0 fully saturated rings. The second-order valence-electron chi connectivity index (χ2n) is 5.33. The summed E-state index contributed by atoms with van der Waals surface area (Å²) in [5.74, 6) is -0.505. The van der Waals surface area contributed by atoms with Crippen LogP contribution in [-0.2, 0) is 4.74 Å². The highest BCUT2D eigenvalue weighted by molar-refractivity contribution is 5.89. The van der Waals surface area contributed by atoms with Crippen LogP contribution >= 0.6 is 0 Å². The molecule has 128 valence electrons. The lowest BCUT2D eigenvalue weighted by Crippen LogP contribution is -2.28. The van der Waals surface area contributed by atoms with E-state index in [1.165, 1.54) is 36.4 Å². The van der Waals surface area contributed by atoms with Gasteiger partial charge in [-0.1, -0.05) is 29.8 Å². The first kappa shape index (κ1) is 17.8. The van der Waals surface area contributed by atoms with Crippen LogP contribution in [0.15, 0.2) is 48.5 Å². The van der Waals surface area contributed by atoms with Crippen LogP contribution in [0.1, 0.15) is 34.5 Å². The Bertz CT molecular complexity index is 696. The zero-order valence-corrected chi connectivity index (χ0v) is 13.4. The molecule has 0 saturated carbocycles. The molecule has 1 N–H and O–H groups in total. The third-order valence-corrected chi connectivity index (χ3v) is 3.41. The first-order valence-electron chi connectivity index (χ1n) is 7.48. The lowest BCUT2D eigenvalue weighted by Gasteiger charge is -2.23. The number of esters is 1. The maximum absolute atomic E-state index is 13.4. The molecule has 0 heterocycles. The summed E-state index contributed by atoms with van der Waals surface area (Å²) in [5.41, 5.74) is 1.45. The first-order valence-corrected chi connectivity index (χ1v) is 7.48. The summed E-state index contributed by atoms with van der Waals surface area (Å²) in [6, 6.07) is 10.2. The van der Waals surface area contributed by atoms with Gasteiger partial charge in [-0.15, -0.1) is 0 Å². The van der Waals surface area contributed by atoms with E-state index >= 15 is 0 Å². The summed E-state index contributed by atoms with van der Waals surface area (Å²) in [7, 11) is 0. The van der Waals surface area contributed by atoms with Crippen LogP contribution in [0.3, 0.4) is 0 Å². The van der Waals surface area contributed by atoms with Crippen molar-refractivity contribution in [1.82, 2.24) is 0 Å². The fraction of sp³-hybridized carbons (Fsp3) is 0.278. The molecule has 3 nitrogen and oxygen atoms in total. The van der Waals surface area contributed by atoms with Crippen LogP contribution < -0.4 is 5.32 Å². The maximum atomic E-state index is 13.4. The van der Waals surface area contributed by atoms with Crippen molar-refractivity contribution in [3.05, 3.63) is 65.2 Å². The number of ether oxygens (including phenoxy) is 1. The average molecular weight is 337 g/mol. The Morgan fingerprint density at radius 2 is 1.83 bits per heavy atom. The van der Waals surface area contributed by atoms with E-state index in [0.29, 0.717) is 5.56 Å². The minimum absolute atomic E-state index is 0.136. The Morgan fingerprint density at radius 1 is 1.17 bits per heavy atom. The summed E-state index contributed by atoms with van der Waals surface area (Å²) in [6.45, 7) is 3.66. The minimum atomic E-state index is -4.45. The Balaban J connectivity index is 2.23. The Labute approximate surface area is 138 Å². The van der Waals surface area contributed by atoms with Crippen LogP contribution in [-0.4, -0.2) is 18.8 Å². The summed E-state index contributed by atoms with van der Waals surface area (Å²) in [6.07, 6.45) is -4.45. The standard InChI is InChI=1S/C18H18F3NO2/c1-3-24-17(23)13-7-9-15(10-8-13)22-16(18(19,20)21)14-6-4-5-12(2)11-14/h4-11,16,22H,3H2,1-2H3/t16-/m0/s1. The van der Waals surface area contributed by atoms with Gasteiger partial charge in [0.2, 0.25) is 0 Å². The van der Waals surface area contributed by atoms with Crippen molar-refractivity contribution in [2.45, 2.75) is 26.1 Å². The van der Waals surface area contributed by atoms with Gasteiger partial charge < -0.3 is 10.1 Å². The van der Waals surface area contributed by atoms with Gasteiger partial charge >= 0.3 is 12.1 Å². The number of hydrogen-bond acceptors (Lipinski definition) is 3. The van der Waals surface area contributed by atoms with Gasteiger partial charge in [-0.3, -0.25) is 0 Å². The summed E-state index contributed by atoms with van der Waals surface area (Å²) in [5, 5.41) is 2.48. The van der Waals surface area contributed by atoms with Crippen LogP contribution in [0.2, 0.25) is 0 Å². The molecule has 0 aromatic heterocycles. The molecule has 0 unspecified atom stereocenters. The number of aryl methyl sites for hydroxylation is 1. The van der Waals surface area contributed by atoms with E-state index in [4.69, 9.17) is 4.74 Å². The summed E-state index contributed by atoms with van der Waals surface area (Å²) >= 11 is 0. The lowest BCUT2D eigenvalue weighted by molar-refractivity contribution is -0.144. The number of benzene rings is 2. The smallest absolute Gasteiger partial charge is 0.412 e.